The van der Waals surface area contributed by atoms with Gasteiger partial charge in [-0.15, -0.1) is 0 Å². The van der Waals surface area contributed by atoms with E-state index in [4.69, 9.17) is 21.1 Å². The summed E-state index contributed by atoms with van der Waals surface area (Å²) in [5.41, 5.74) is 1.16. The molecular formula is C15H18ClNO3. The van der Waals surface area contributed by atoms with Gasteiger partial charge < -0.3 is 14.6 Å². The van der Waals surface area contributed by atoms with Gasteiger partial charge in [0.25, 0.3) is 0 Å². The molecule has 2 saturated heterocycles. The molecule has 2 bridgehead atoms. The van der Waals surface area contributed by atoms with Gasteiger partial charge in [0.05, 0.1) is 11.1 Å². The Morgan fingerprint density at radius 2 is 1.95 bits per heavy atom. The highest BCUT2D eigenvalue weighted by atomic mass is 35.5. The van der Waals surface area contributed by atoms with E-state index >= 15 is 0 Å². The van der Waals surface area contributed by atoms with Crippen LogP contribution in [0.5, 0.6) is 11.5 Å². The van der Waals surface area contributed by atoms with Gasteiger partial charge >= 0.3 is 0 Å². The van der Waals surface area contributed by atoms with E-state index < -0.39 is 0 Å². The van der Waals surface area contributed by atoms with Gasteiger partial charge in [-0.3, -0.25) is 4.90 Å². The minimum absolute atomic E-state index is 0.121. The van der Waals surface area contributed by atoms with E-state index in [-0.39, 0.29) is 12.9 Å². The average Bonchev–Trinajstić information content (AvgIpc) is 2.95. The second-order valence-corrected chi connectivity index (χ2v) is 6.40. The van der Waals surface area contributed by atoms with E-state index in [1.54, 1.807) is 0 Å². The van der Waals surface area contributed by atoms with E-state index in [2.05, 4.69) is 4.90 Å². The van der Waals surface area contributed by atoms with Crippen molar-refractivity contribution in [3.63, 3.8) is 0 Å². The molecule has 0 aromatic heterocycles. The van der Waals surface area contributed by atoms with Crippen LogP contribution in [0.25, 0.3) is 0 Å². The molecule has 2 atom stereocenters. The van der Waals surface area contributed by atoms with Crippen molar-refractivity contribution < 1.29 is 14.6 Å². The molecule has 1 N–H and O–H groups in total. The maximum atomic E-state index is 9.86. The Hall–Kier alpha value is -0.970. The molecule has 3 aliphatic rings. The molecule has 3 heterocycles. The summed E-state index contributed by atoms with van der Waals surface area (Å²) in [4.78, 5) is 2.51. The number of hydrogen-bond acceptors (Lipinski definition) is 4. The number of aliphatic hydroxyl groups is 1. The third kappa shape index (κ3) is 2.07. The summed E-state index contributed by atoms with van der Waals surface area (Å²) < 4.78 is 10.8. The predicted octanol–water partition coefficient (Wildman–Crippen LogP) is 2.56. The van der Waals surface area contributed by atoms with Crippen molar-refractivity contribution in [1.82, 2.24) is 4.90 Å². The number of ether oxygens (including phenoxy) is 2. The first-order chi connectivity index (χ1) is 9.70. The molecule has 3 aliphatic heterocycles. The molecule has 0 spiro atoms. The lowest BCUT2D eigenvalue weighted by molar-refractivity contribution is 0.0310. The highest BCUT2D eigenvalue weighted by molar-refractivity contribution is 6.32. The van der Waals surface area contributed by atoms with Gasteiger partial charge in [-0.25, -0.2) is 0 Å². The summed E-state index contributed by atoms with van der Waals surface area (Å²) in [6.07, 6.45) is 4.06. The Morgan fingerprint density at radius 3 is 2.70 bits per heavy atom. The topological polar surface area (TPSA) is 41.9 Å². The first-order valence-electron chi connectivity index (χ1n) is 7.22. The quantitative estimate of drug-likeness (QED) is 0.910. The Kier molecular flexibility index (Phi) is 3.05. The molecule has 108 valence electrons. The first kappa shape index (κ1) is 12.7. The molecule has 0 amide bonds. The van der Waals surface area contributed by atoms with Gasteiger partial charge in [0.1, 0.15) is 0 Å². The lowest BCUT2D eigenvalue weighted by Gasteiger charge is -2.37. The zero-order valence-electron chi connectivity index (χ0n) is 11.2. The van der Waals surface area contributed by atoms with Crippen LogP contribution in [-0.4, -0.2) is 35.0 Å². The molecule has 2 unspecified atom stereocenters. The van der Waals surface area contributed by atoms with Crippen LogP contribution in [0, 0.1) is 0 Å². The lowest BCUT2D eigenvalue weighted by Crippen LogP contribution is -2.44. The molecule has 2 fully saturated rings. The van der Waals surface area contributed by atoms with Gasteiger partial charge in [-0.05, 0) is 43.4 Å². The van der Waals surface area contributed by atoms with Crippen LogP contribution >= 0.6 is 11.6 Å². The van der Waals surface area contributed by atoms with Crippen molar-refractivity contribution >= 4 is 11.6 Å². The highest BCUT2D eigenvalue weighted by Gasteiger charge is 2.40. The number of hydrogen-bond donors (Lipinski definition) is 1. The number of aliphatic hydroxyl groups excluding tert-OH is 1. The highest BCUT2D eigenvalue weighted by Crippen LogP contribution is 2.42. The van der Waals surface area contributed by atoms with E-state index in [1.807, 2.05) is 12.1 Å². The fourth-order valence-corrected chi connectivity index (χ4v) is 4.11. The van der Waals surface area contributed by atoms with Crippen LogP contribution in [0.3, 0.4) is 0 Å². The maximum Gasteiger partial charge on any atom is 0.231 e. The number of benzene rings is 1. The van der Waals surface area contributed by atoms with E-state index in [1.165, 1.54) is 12.8 Å². The maximum absolute atomic E-state index is 9.86. The van der Waals surface area contributed by atoms with Crippen molar-refractivity contribution in [2.45, 2.75) is 50.4 Å². The number of piperidine rings is 1. The SMILES string of the molecule is OC1CC2CCC(C1)N2Cc1cc(Cl)c2c(c1)OCO2. The molecule has 1 aromatic carbocycles. The van der Waals surface area contributed by atoms with Crippen molar-refractivity contribution in [1.29, 1.82) is 0 Å². The summed E-state index contributed by atoms with van der Waals surface area (Å²) >= 11 is 6.24. The van der Waals surface area contributed by atoms with Crippen LogP contribution in [-0.2, 0) is 6.54 Å². The van der Waals surface area contributed by atoms with Crippen LogP contribution in [0.4, 0.5) is 0 Å². The van der Waals surface area contributed by atoms with Gasteiger partial charge in [0.2, 0.25) is 6.79 Å². The summed E-state index contributed by atoms with van der Waals surface area (Å²) in [5, 5.41) is 10.5. The molecule has 0 saturated carbocycles. The van der Waals surface area contributed by atoms with Crippen LogP contribution in [0.2, 0.25) is 5.02 Å². The average molecular weight is 296 g/mol. The molecular weight excluding hydrogens is 278 g/mol. The lowest BCUT2D eigenvalue weighted by atomic mass is 9.99. The zero-order chi connectivity index (χ0) is 13.7. The van der Waals surface area contributed by atoms with E-state index in [0.717, 1.165) is 30.7 Å². The van der Waals surface area contributed by atoms with Gasteiger partial charge in [-0.2, -0.15) is 0 Å². The summed E-state index contributed by atoms with van der Waals surface area (Å²) in [6, 6.07) is 5.01. The minimum Gasteiger partial charge on any atom is -0.454 e. The number of nitrogens with zero attached hydrogens (tertiary/aromatic N) is 1. The van der Waals surface area contributed by atoms with Crippen molar-refractivity contribution in [3.8, 4) is 11.5 Å². The molecule has 0 aliphatic carbocycles. The number of rotatable bonds is 2. The van der Waals surface area contributed by atoms with E-state index in [0.29, 0.717) is 22.9 Å². The monoisotopic (exact) mass is 295 g/mol. The zero-order valence-corrected chi connectivity index (χ0v) is 12.0. The smallest absolute Gasteiger partial charge is 0.231 e. The van der Waals surface area contributed by atoms with Gasteiger partial charge in [0.15, 0.2) is 11.5 Å². The molecule has 4 nitrogen and oxygen atoms in total. The summed E-state index contributed by atoms with van der Waals surface area (Å²) in [5.74, 6) is 1.41. The van der Waals surface area contributed by atoms with Gasteiger partial charge in [0, 0.05) is 18.6 Å². The molecule has 1 aromatic rings. The minimum atomic E-state index is -0.121. The van der Waals surface area contributed by atoms with Crippen molar-refractivity contribution in [2.24, 2.45) is 0 Å². The number of fused-ring (bicyclic) bond motifs is 3. The van der Waals surface area contributed by atoms with Crippen LogP contribution in [0.15, 0.2) is 12.1 Å². The van der Waals surface area contributed by atoms with Crippen LogP contribution < -0.4 is 9.47 Å². The Balaban J connectivity index is 1.57. The number of halogens is 1. The predicted molar refractivity (Wildman–Crippen MR) is 75.2 cm³/mol. The van der Waals surface area contributed by atoms with Crippen molar-refractivity contribution in [3.05, 3.63) is 22.7 Å². The van der Waals surface area contributed by atoms with E-state index in [9.17, 15) is 5.11 Å². The second-order valence-electron chi connectivity index (χ2n) is 5.99. The van der Waals surface area contributed by atoms with Gasteiger partial charge in [-0.1, -0.05) is 11.6 Å². The second kappa shape index (κ2) is 4.79. The fourth-order valence-electron chi connectivity index (χ4n) is 3.83. The largest absolute Gasteiger partial charge is 0.454 e. The third-order valence-electron chi connectivity index (χ3n) is 4.71. The molecule has 20 heavy (non-hydrogen) atoms. The van der Waals surface area contributed by atoms with Crippen LogP contribution in [0.1, 0.15) is 31.2 Å². The molecule has 0 radical (unpaired) electrons. The Bertz CT molecular complexity index is 522. The fraction of sp³-hybridized carbons (Fsp3) is 0.600. The Morgan fingerprint density at radius 1 is 1.20 bits per heavy atom. The molecule has 4 rings (SSSR count). The third-order valence-corrected chi connectivity index (χ3v) is 4.99. The normalized spacial score (nSPS) is 31.8. The van der Waals surface area contributed by atoms with Crippen molar-refractivity contribution in [2.75, 3.05) is 6.79 Å². The summed E-state index contributed by atoms with van der Waals surface area (Å²) in [6.45, 7) is 1.12. The first-order valence-corrected chi connectivity index (χ1v) is 7.60. The summed E-state index contributed by atoms with van der Waals surface area (Å²) in [7, 11) is 0. The molecule has 5 heteroatoms. The Labute approximate surface area is 123 Å². The standard InChI is InChI=1S/C15H18ClNO3/c16-13-3-9(4-14-15(13)20-8-19-14)7-17-10-1-2-11(17)6-12(18)5-10/h3-4,10-12,18H,1-2,5-8H2.